The largest absolute Gasteiger partial charge is 0.481 e. The van der Waals surface area contributed by atoms with E-state index < -0.39 is 11.9 Å². The van der Waals surface area contributed by atoms with E-state index in [4.69, 9.17) is 5.11 Å². The first kappa shape index (κ1) is 15.4. The minimum absolute atomic E-state index is 0.147. The number of anilines is 1. The first-order valence-corrected chi connectivity index (χ1v) is 7.43. The van der Waals surface area contributed by atoms with Crippen molar-refractivity contribution in [3.63, 3.8) is 0 Å². The molecule has 21 heavy (non-hydrogen) atoms. The van der Waals surface area contributed by atoms with Crippen LogP contribution in [0.2, 0.25) is 0 Å². The standard InChI is InChI=1S/C12H10BrN3O4S/c13-7-1-2-10(18)16(4-7)5-9(17)15-12-14-8(6-21-12)3-11(19)20/h1-2,4,6H,3,5H2,(H,19,20)(H,14,15,17). The molecule has 2 heterocycles. The first-order chi connectivity index (χ1) is 9.94. The number of carbonyl (C=O) groups is 2. The van der Waals surface area contributed by atoms with E-state index in [0.29, 0.717) is 15.3 Å². The van der Waals surface area contributed by atoms with Gasteiger partial charge in [-0.3, -0.25) is 14.4 Å². The summed E-state index contributed by atoms with van der Waals surface area (Å²) in [4.78, 5) is 37.9. The van der Waals surface area contributed by atoms with Gasteiger partial charge in [0.15, 0.2) is 5.13 Å². The van der Waals surface area contributed by atoms with Gasteiger partial charge in [-0.25, -0.2) is 4.98 Å². The molecule has 0 spiro atoms. The fourth-order valence-corrected chi connectivity index (χ4v) is 2.65. The predicted molar refractivity (Wildman–Crippen MR) is 80.5 cm³/mol. The maximum absolute atomic E-state index is 11.8. The number of nitrogens with zero attached hydrogens (tertiary/aromatic N) is 2. The van der Waals surface area contributed by atoms with Gasteiger partial charge >= 0.3 is 5.97 Å². The molecule has 0 aliphatic heterocycles. The van der Waals surface area contributed by atoms with Gasteiger partial charge in [-0.2, -0.15) is 0 Å². The molecule has 0 atom stereocenters. The lowest BCUT2D eigenvalue weighted by Crippen LogP contribution is -2.26. The Morgan fingerprint density at radius 3 is 2.90 bits per heavy atom. The Hall–Kier alpha value is -2.00. The van der Waals surface area contributed by atoms with Gasteiger partial charge in [0.25, 0.3) is 5.56 Å². The van der Waals surface area contributed by atoms with E-state index >= 15 is 0 Å². The highest BCUT2D eigenvalue weighted by Crippen LogP contribution is 2.15. The van der Waals surface area contributed by atoms with E-state index in [1.807, 2.05) is 0 Å². The maximum Gasteiger partial charge on any atom is 0.309 e. The summed E-state index contributed by atoms with van der Waals surface area (Å²) in [5.41, 5.74) is 0.0847. The molecule has 2 rings (SSSR count). The van der Waals surface area contributed by atoms with Crippen LogP contribution in [0.5, 0.6) is 0 Å². The average Bonchev–Trinajstić information content (AvgIpc) is 2.80. The van der Waals surface area contributed by atoms with E-state index in [1.165, 1.54) is 16.8 Å². The first-order valence-electron chi connectivity index (χ1n) is 5.76. The van der Waals surface area contributed by atoms with Crippen LogP contribution in [0.25, 0.3) is 0 Å². The van der Waals surface area contributed by atoms with Crippen molar-refractivity contribution in [3.05, 3.63) is 44.2 Å². The number of carbonyl (C=O) groups excluding carboxylic acids is 1. The smallest absolute Gasteiger partial charge is 0.309 e. The van der Waals surface area contributed by atoms with E-state index in [0.717, 1.165) is 11.3 Å². The van der Waals surface area contributed by atoms with Crippen LogP contribution in [-0.4, -0.2) is 26.5 Å². The highest BCUT2D eigenvalue weighted by atomic mass is 79.9. The topological polar surface area (TPSA) is 101 Å². The molecule has 0 unspecified atom stereocenters. The number of rotatable bonds is 5. The molecule has 9 heteroatoms. The summed E-state index contributed by atoms with van der Waals surface area (Å²) in [5, 5.41) is 13.0. The fourth-order valence-electron chi connectivity index (χ4n) is 1.54. The number of halogens is 1. The van der Waals surface area contributed by atoms with Crippen LogP contribution < -0.4 is 10.9 Å². The van der Waals surface area contributed by atoms with Crippen LogP contribution >= 0.6 is 27.3 Å². The second-order valence-electron chi connectivity index (χ2n) is 4.08. The molecule has 0 radical (unpaired) electrons. The quantitative estimate of drug-likeness (QED) is 0.825. The van der Waals surface area contributed by atoms with Gasteiger partial charge in [-0.05, 0) is 22.0 Å². The zero-order valence-electron chi connectivity index (χ0n) is 10.6. The van der Waals surface area contributed by atoms with Gasteiger partial charge in [0.1, 0.15) is 6.54 Å². The van der Waals surface area contributed by atoms with Crippen molar-refractivity contribution in [2.24, 2.45) is 0 Å². The van der Waals surface area contributed by atoms with Gasteiger partial charge in [0, 0.05) is 22.1 Å². The summed E-state index contributed by atoms with van der Waals surface area (Å²) in [6.07, 6.45) is 1.32. The zero-order valence-corrected chi connectivity index (χ0v) is 13.0. The Morgan fingerprint density at radius 2 is 2.19 bits per heavy atom. The molecule has 0 aromatic carbocycles. The summed E-state index contributed by atoms with van der Waals surface area (Å²) in [5.74, 6) is -1.40. The van der Waals surface area contributed by atoms with E-state index in [9.17, 15) is 14.4 Å². The molecule has 1 amide bonds. The zero-order chi connectivity index (χ0) is 15.4. The lowest BCUT2D eigenvalue weighted by molar-refractivity contribution is -0.136. The lowest BCUT2D eigenvalue weighted by Gasteiger charge is -2.05. The SMILES string of the molecule is O=C(O)Cc1csc(NC(=O)Cn2cc(Br)ccc2=O)n1. The number of thiazole rings is 1. The van der Waals surface area contributed by atoms with Crippen LogP contribution in [0.15, 0.2) is 33.0 Å². The van der Waals surface area contributed by atoms with Gasteiger partial charge in [0.2, 0.25) is 5.91 Å². The van der Waals surface area contributed by atoms with Crippen molar-refractivity contribution in [1.29, 1.82) is 0 Å². The highest BCUT2D eigenvalue weighted by molar-refractivity contribution is 9.10. The van der Waals surface area contributed by atoms with Gasteiger partial charge in [-0.1, -0.05) is 0 Å². The number of amides is 1. The average molecular weight is 372 g/mol. The number of hydrogen-bond acceptors (Lipinski definition) is 5. The third-order valence-electron chi connectivity index (χ3n) is 2.39. The Balaban J connectivity index is 2.01. The molecule has 0 saturated carbocycles. The minimum atomic E-state index is -0.987. The van der Waals surface area contributed by atoms with Crippen LogP contribution in [0.1, 0.15) is 5.69 Å². The maximum atomic E-state index is 11.8. The molecule has 0 aliphatic carbocycles. The summed E-state index contributed by atoms with van der Waals surface area (Å²) >= 11 is 4.36. The van der Waals surface area contributed by atoms with Gasteiger partial charge < -0.3 is 15.0 Å². The molecular formula is C12H10BrN3O4S. The number of carboxylic acids is 1. The number of aromatic nitrogens is 2. The Labute approximate surface area is 131 Å². The molecule has 2 aromatic heterocycles. The molecule has 0 aliphatic rings. The van der Waals surface area contributed by atoms with Gasteiger partial charge in [0.05, 0.1) is 12.1 Å². The minimum Gasteiger partial charge on any atom is -0.481 e. The molecule has 7 nitrogen and oxygen atoms in total. The van der Waals surface area contributed by atoms with Gasteiger partial charge in [-0.15, -0.1) is 11.3 Å². The Morgan fingerprint density at radius 1 is 1.43 bits per heavy atom. The predicted octanol–water partition coefficient (Wildman–Crippen LogP) is 1.33. The third kappa shape index (κ3) is 4.50. The molecule has 2 aromatic rings. The van der Waals surface area contributed by atoms with Crippen molar-refractivity contribution in [1.82, 2.24) is 9.55 Å². The summed E-state index contributed by atoms with van der Waals surface area (Å²) in [7, 11) is 0. The van der Waals surface area contributed by atoms with Crippen molar-refractivity contribution < 1.29 is 14.7 Å². The van der Waals surface area contributed by atoms with Crippen molar-refractivity contribution in [2.75, 3.05) is 5.32 Å². The normalized spacial score (nSPS) is 10.3. The van der Waals surface area contributed by atoms with E-state index in [-0.39, 0.29) is 18.5 Å². The third-order valence-corrected chi connectivity index (χ3v) is 3.67. The number of carboxylic acid groups (broad SMARTS) is 1. The lowest BCUT2D eigenvalue weighted by atomic mass is 10.3. The van der Waals surface area contributed by atoms with Crippen molar-refractivity contribution >= 4 is 44.3 Å². The molecule has 110 valence electrons. The number of nitrogens with one attached hydrogen (secondary N) is 1. The molecule has 0 fully saturated rings. The Bertz CT molecular complexity index is 740. The second kappa shape index (κ2) is 6.64. The highest BCUT2D eigenvalue weighted by Gasteiger charge is 2.10. The van der Waals surface area contributed by atoms with Crippen molar-refractivity contribution in [2.45, 2.75) is 13.0 Å². The monoisotopic (exact) mass is 371 g/mol. The Kier molecular flexibility index (Phi) is 4.86. The summed E-state index contributed by atoms with van der Waals surface area (Å²) in [6, 6.07) is 2.95. The fraction of sp³-hybridized carbons (Fsp3) is 0.167. The van der Waals surface area contributed by atoms with Crippen LogP contribution in [0.4, 0.5) is 5.13 Å². The molecular weight excluding hydrogens is 362 g/mol. The van der Waals surface area contributed by atoms with Crippen LogP contribution in [-0.2, 0) is 22.6 Å². The molecule has 0 bridgehead atoms. The van der Waals surface area contributed by atoms with Crippen LogP contribution in [0, 0.1) is 0 Å². The number of hydrogen-bond donors (Lipinski definition) is 2. The van der Waals surface area contributed by atoms with E-state index in [2.05, 4.69) is 26.2 Å². The second-order valence-corrected chi connectivity index (χ2v) is 5.85. The van der Waals surface area contributed by atoms with Crippen molar-refractivity contribution in [3.8, 4) is 0 Å². The summed E-state index contributed by atoms with van der Waals surface area (Å²) < 4.78 is 1.94. The van der Waals surface area contributed by atoms with E-state index in [1.54, 1.807) is 11.4 Å². The molecule has 0 saturated heterocycles. The van der Waals surface area contributed by atoms with Crippen LogP contribution in [0.3, 0.4) is 0 Å². The molecule has 2 N–H and O–H groups in total. The number of aliphatic carboxylic acids is 1. The number of pyridine rings is 1. The summed E-state index contributed by atoms with van der Waals surface area (Å²) in [6.45, 7) is -0.147.